The normalized spacial score (nSPS) is 15.9. The van der Waals surface area contributed by atoms with Gasteiger partial charge < -0.3 is 10.1 Å². The Labute approximate surface area is 172 Å². The Morgan fingerprint density at radius 2 is 1.97 bits per heavy atom. The highest BCUT2D eigenvalue weighted by Gasteiger charge is 2.25. The van der Waals surface area contributed by atoms with Gasteiger partial charge in [0.05, 0.1) is 30.3 Å². The van der Waals surface area contributed by atoms with E-state index < -0.39 is 11.7 Å². The van der Waals surface area contributed by atoms with E-state index in [1.165, 1.54) is 24.5 Å². The number of amides is 1. The van der Waals surface area contributed by atoms with Crippen molar-refractivity contribution in [2.24, 2.45) is 0 Å². The number of ether oxygens (including phenoxy) is 1. The van der Waals surface area contributed by atoms with E-state index in [1.807, 2.05) is 24.3 Å². The first-order valence-corrected chi connectivity index (χ1v) is 9.76. The zero-order valence-corrected chi connectivity index (χ0v) is 16.4. The summed E-state index contributed by atoms with van der Waals surface area (Å²) in [5, 5.41) is 3.57. The minimum atomic E-state index is -0.529. The molecule has 1 N–H and O–H groups in total. The van der Waals surface area contributed by atoms with Gasteiger partial charge in [-0.15, -0.1) is 0 Å². The zero-order chi connectivity index (χ0) is 20.2. The maximum Gasteiger partial charge on any atom is 0.253 e. The Balaban J connectivity index is 1.59. The standard InChI is InChI=1S/C21H20ClFN4O2/c22-17-4-2-1-3-15(17)19(27-7-9-29-10-8-27)13-26-21(28)16-11-14(23)12-18-20(16)25-6-5-24-18/h1-6,11-12,19H,7-10,13H2,(H,26,28). The Kier molecular flexibility index (Phi) is 5.99. The van der Waals surface area contributed by atoms with Gasteiger partial charge in [0, 0.05) is 43.1 Å². The van der Waals surface area contributed by atoms with Gasteiger partial charge in [0.15, 0.2) is 0 Å². The second kappa shape index (κ2) is 8.82. The van der Waals surface area contributed by atoms with Crippen molar-refractivity contribution in [2.75, 3.05) is 32.8 Å². The molecule has 0 bridgehead atoms. The lowest BCUT2D eigenvalue weighted by Gasteiger charge is -2.35. The number of halogens is 2. The molecule has 0 aliphatic carbocycles. The van der Waals surface area contributed by atoms with Gasteiger partial charge in [-0.05, 0) is 17.7 Å². The lowest BCUT2D eigenvalue weighted by atomic mass is 10.0. The number of rotatable bonds is 5. The molecule has 1 unspecified atom stereocenters. The smallest absolute Gasteiger partial charge is 0.253 e. The molecule has 4 rings (SSSR count). The number of hydrogen-bond donors (Lipinski definition) is 1. The van der Waals surface area contributed by atoms with Crippen molar-refractivity contribution in [3.8, 4) is 0 Å². The van der Waals surface area contributed by atoms with Gasteiger partial charge in [0.25, 0.3) is 5.91 Å². The largest absolute Gasteiger partial charge is 0.379 e. The topological polar surface area (TPSA) is 67.4 Å². The number of nitrogens with one attached hydrogen (secondary N) is 1. The van der Waals surface area contributed by atoms with Crippen LogP contribution in [0, 0.1) is 5.82 Å². The van der Waals surface area contributed by atoms with E-state index in [0.717, 1.165) is 18.7 Å². The van der Waals surface area contributed by atoms with Crippen molar-refractivity contribution < 1.29 is 13.9 Å². The van der Waals surface area contributed by atoms with Crippen molar-refractivity contribution in [3.05, 3.63) is 70.8 Å². The quantitative estimate of drug-likeness (QED) is 0.694. The summed E-state index contributed by atoms with van der Waals surface area (Å²) in [5.41, 5.74) is 1.80. The lowest BCUT2D eigenvalue weighted by Crippen LogP contribution is -2.44. The molecule has 0 saturated carbocycles. The number of benzene rings is 2. The highest BCUT2D eigenvalue weighted by Crippen LogP contribution is 2.28. The second-order valence-electron chi connectivity index (χ2n) is 6.77. The summed E-state index contributed by atoms with van der Waals surface area (Å²) >= 11 is 6.43. The number of fused-ring (bicyclic) bond motifs is 1. The molecule has 1 saturated heterocycles. The number of carbonyl (C=O) groups excluding carboxylic acids is 1. The van der Waals surface area contributed by atoms with Crippen LogP contribution >= 0.6 is 11.6 Å². The van der Waals surface area contributed by atoms with Crippen molar-refractivity contribution in [3.63, 3.8) is 0 Å². The molecule has 1 amide bonds. The first kappa shape index (κ1) is 19.7. The van der Waals surface area contributed by atoms with Crippen molar-refractivity contribution >= 4 is 28.5 Å². The molecular weight excluding hydrogens is 395 g/mol. The van der Waals surface area contributed by atoms with Crippen molar-refractivity contribution in [1.29, 1.82) is 0 Å². The zero-order valence-electron chi connectivity index (χ0n) is 15.6. The van der Waals surface area contributed by atoms with Crippen LogP contribution in [0.2, 0.25) is 5.02 Å². The van der Waals surface area contributed by atoms with Crippen LogP contribution in [0.1, 0.15) is 22.0 Å². The first-order valence-electron chi connectivity index (χ1n) is 9.38. The molecule has 0 spiro atoms. The van der Waals surface area contributed by atoms with E-state index >= 15 is 0 Å². The molecule has 1 aliphatic rings. The third kappa shape index (κ3) is 4.37. The fraction of sp³-hybridized carbons (Fsp3) is 0.286. The molecule has 29 heavy (non-hydrogen) atoms. The van der Waals surface area contributed by atoms with Gasteiger partial charge in [-0.2, -0.15) is 0 Å². The molecule has 3 aromatic rings. The number of nitrogens with zero attached hydrogens (tertiary/aromatic N) is 3. The summed E-state index contributed by atoms with van der Waals surface area (Å²) < 4.78 is 19.4. The Morgan fingerprint density at radius 3 is 2.76 bits per heavy atom. The summed E-state index contributed by atoms with van der Waals surface area (Å²) in [6, 6.07) is 9.91. The van der Waals surface area contributed by atoms with Crippen LogP contribution in [0.15, 0.2) is 48.8 Å². The minimum absolute atomic E-state index is 0.123. The van der Waals surface area contributed by atoms with E-state index in [-0.39, 0.29) is 11.6 Å². The maximum absolute atomic E-state index is 14.0. The second-order valence-corrected chi connectivity index (χ2v) is 7.18. The molecule has 1 atom stereocenters. The number of morpholine rings is 1. The van der Waals surface area contributed by atoms with Crippen molar-refractivity contribution in [1.82, 2.24) is 20.2 Å². The average Bonchev–Trinajstić information content (AvgIpc) is 2.75. The fourth-order valence-corrected chi connectivity index (χ4v) is 3.83. The molecule has 1 fully saturated rings. The van der Waals surface area contributed by atoms with E-state index in [2.05, 4.69) is 20.2 Å². The number of hydrogen-bond acceptors (Lipinski definition) is 5. The molecule has 2 aromatic carbocycles. The van der Waals surface area contributed by atoms with Crippen LogP contribution in [-0.2, 0) is 4.74 Å². The Morgan fingerprint density at radius 1 is 1.21 bits per heavy atom. The average molecular weight is 415 g/mol. The van der Waals surface area contributed by atoms with E-state index in [1.54, 1.807) is 0 Å². The van der Waals surface area contributed by atoms with Gasteiger partial charge >= 0.3 is 0 Å². The first-order chi connectivity index (χ1) is 14.1. The van der Waals surface area contributed by atoms with Gasteiger partial charge in [0.1, 0.15) is 11.3 Å². The molecule has 1 aromatic heterocycles. The molecule has 6 nitrogen and oxygen atoms in total. The fourth-order valence-electron chi connectivity index (χ4n) is 3.57. The summed E-state index contributed by atoms with van der Waals surface area (Å²) in [4.78, 5) is 23.4. The predicted molar refractivity (Wildman–Crippen MR) is 108 cm³/mol. The van der Waals surface area contributed by atoms with Crippen LogP contribution in [0.4, 0.5) is 4.39 Å². The molecule has 8 heteroatoms. The van der Waals surface area contributed by atoms with Crippen LogP contribution in [0.3, 0.4) is 0 Å². The summed E-state index contributed by atoms with van der Waals surface area (Å²) in [7, 11) is 0. The van der Waals surface area contributed by atoms with Gasteiger partial charge in [-0.1, -0.05) is 29.8 Å². The maximum atomic E-state index is 14.0. The monoisotopic (exact) mass is 414 g/mol. The Bertz CT molecular complexity index is 1030. The molecule has 2 heterocycles. The van der Waals surface area contributed by atoms with Gasteiger partial charge in [0.2, 0.25) is 0 Å². The minimum Gasteiger partial charge on any atom is -0.379 e. The van der Waals surface area contributed by atoms with Crippen LogP contribution in [0.25, 0.3) is 11.0 Å². The van der Waals surface area contributed by atoms with E-state index in [9.17, 15) is 9.18 Å². The van der Waals surface area contributed by atoms with E-state index in [0.29, 0.717) is 35.8 Å². The predicted octanol–water partition coefficient (Wildman–Crippen LogP) is 3.23. The van der Waals surface area contributed by atoms with Crippen LogP contribution in [-0.4, -0.2) is 53.6 Å². The third-order valence-electron chi connectivity index (χ3n) is 4.99. The van der Waals surface area contributed by atoms with Gasteiger partial charge in [-0.3, -0.25) is 19.7 Å². The summed E-state index contributed by atoms with van der Waals surface area (Å²) in [5.74, 6) is -0.931. The third-order valence-corrected chi connectivity index (χ3v) is 5.33. The molecule has 0 radical (unpaired) electrons. The molecular formula is C21H20ClFN4O2. The number of aromatic nitrogens is 2. The Hall–Kier alpha value is -2.61. The number of carbonyl (C=O) groups is 1. The highest BCUT2D eigenvalue weighted by atomic mass is 35.5. The van der Waals surface area contributed by atoms with Crippen LogP contribution in [0.5, 0.6) is 0 Å². The van der Waals surface area contributed by atoms with Crippen molar-refractivity contribution in [2.45, 2.75) is 6.04 Å². The lowest BCUT2D eigenvalue weighted by molar-refractivity contribution is 0.0162. The molecule has 1 aliphatic heterocycles. The van der Waals surface area contributed by atoms with Gasteiger partial charge in [-0.25, -0.2) is 4.39 Å². The van der Waals surface area contributed by atoms with Crippen LogP contribution < -0.4 is 5.32 Å². The summed E-state index contributed by atoms with van der Waals surface area (Å²) in [6.45, 7) is 3.04. The van der Waals surface area contributed by atoms with E-state index in [4.69, 9.17) is 16.3 Å². The summed E-state index contributed by atoms with van der Waals surface area (Å²) in [6.07, 6.45) is 2.95. The molecule has 150 valence electrons. The SMILES string of the molecule is O=C(NCC(c1ccccc1Cl)N1CCOCC1)c1cc(F)cc2nccnc12. The highest BCUT2D eigenvalue weighted by molar-refractivity contribution is 6.31.